The Kier molecular flexibility index (Phi) is 4.46. The highest BCUT2D eigenvalue weighted by Crippen LogP contribution is 2.36. The monoisotopic (exact) mass is 386 g/mol. The molecular weight excluding hydrogens is 375 g/mol. The van der Waals surface area contributed by atoms with E-state index in [1.54, 1.807) is 12.1 Å². The highest BCUT2D eigenvalue weighted by Gasteiger charge is 2.21. The lowest BCUT2D eigenvalue weighted by Crippen LogP contribution is -2.04. The molecule has 2 aromatic carbocycles. The summed E-state index contributed by atoms with van der Waals surface area (Å²) < 4.78 is 6.46. The molecule has 5 heteroatoms. The minimum absolute atomic E-state index is 0.448. The Morgan fingerprint density at radius 2 is 2.00 bits per heavy atom. The Hall–Kier alpha value is -0.740. The van der Waals surface area contributed by atoms with Gasteiger partial charge in [-0.25, -0.2) is 0 Å². The zero-order valence-corrected chi connectivity index (χ0v) is 14.2. The molecular formula is C16H13BrCl2O2. The van der Waals surface area contributed by atoms with E-state index in [2.05, 4.69) is 15.9 Å². The number of fused-ring (bicyclic) bond motifs is 1. The molecule has 0 aliphatic carbocycles. The summed E-state index contributed by atoms with van der Waals surface area (Å²) in [5, 5.41) is 11.8. The van der Waals surface area contributed by atoms with Crippen molar-refractivity contribution in [3.63, 3.8) is 0 Å². The van der Waals surface area contributed by atoms with Crippen molar-refractivity contribution in [2.75, 3.05) is 6.61 Å². The minimum Gasteiger partial charge on any atom is -0.493 e. The highest BCUT2D eigenvalue weighted by molar-refractivity contribution is 9.10. The molecule has 0 spiro atoms. The largest absolute Gasteiger partial charge is 0.493 e. The summed E-state index contributed by atoms with van der Waals surface area (Å²) in [6.07, 6.45) is 0.663. The maximum Gasteiger partial charge on any atom is 0.126 e. The average Bonchev–Trinajstić information content (AvgIpc) is 2.86. The van der Waals surface area contributed by atoms with Crippen LogP contribution in [0.5, 0.6) is 5.75 Å². The molecule has 3 rings (SSSR count). The molecule has 2 aromatic rings. The van der Waals surface area contributed by atoms with E-state index < -0.39 is 6.10 Å². The van der Waals surface area contributed by atoms with Crippen molar-refractivity contribution in [3.8, 4) is 5.75 Å². The van der Waals surface area contributed by atoms with Crippen molar-refractivity contribution in [2.24, 2.45) is 0 Å². The van der Waals surface area contributed by atoms with Crippen LogP contribution in [0.15, 0.2) is 34.8 Å². The SMILES string of the molecule is OC(Cc1cc(Cl)cc2c1OCC2)c1ccc(Cl)cc1Br. The van der Waals surface area contributed by atoms with Gasteiger partial charge in [-0.05, 0) is 41.0 Å². The van der Waals surface area contributed by atoms with E-state index in [1.165, 1.54) is 0 Å². The summed E-state index contributed by atoms with van der Waals surface area (Å²) >= 11 is 15.5. The minimum atomic E-state index is -0.650. The van der Waals surface area contributed by atoms with Crippen LogP contribution in [-0.4, -0.2) is 11.7 Å². The number of rotatable bonds is 3. The van der Waals surface area contributed by atoms with Crippen LogP contribution in [0.25, 0.3) is 0 Å². The van der Waals surface area contributed by atoms with Crippen LogP contribution >= 0.6 is 39.1 Å². The standard InChI is InChI=1S/C16H13BrCl2O2/c17-14-8-11(18)1-2-13(14)15(20)7-10-6-12(19)5-9-3-4-21-16(9)10/h1-2,5-6,8,15,20H,3-4,7H2. The van der Waals surface area contributed by atoms with Crippen molar-refractivity contribution >= 4 is 39.1 Å². The number of aliphatic hydroxyl groups excluding tert-OH is 1. The molecule has 110 valence electrons. The second-order valence-corrected chi connectivity index (χ2v) is 6.76. The number of hydrogen-bond acceptors (Lipinski definition) is 2. The summed E-state index contributed by atoms with van der Waals surface area (Å²) in [7, 11) is 0. The van der Waals surface area contributed by atoms with E-state index in [4.69, 9.17) is 27.9 Å². The van der Waals surface area contributed by atoms with Gasteiger partial charge in [-0.1, -0.05) is 45.2 Å². The topological polar surface area (TPSA) is 29.5 Å². The van der Waals surface area contributed by atoms with E-state index in [-0.39, 0.29) is 0 Å². The van der Waals surface area contributed by atoms with Crippen molar-refractivity contribution in [2.45, 2.75) is 18.9 Å². The van der Waals surface area contributed by atoms with E-state index in [0.717, 1.165) is 33.3 Å². The fourth-order valence-corrected chi connectivity index (χ4v) is 3.80. The van der Waals surface area contributed by atoms with Crippen LogP contribution in [-0.2, 0) is 12.8 Å². The van der Waals surface area contributed by atoms with Gasteiger partial charge >= 0.3 is 0 Å². The lowest BCUT2D eigenvalue weighted by Gasteiger charge is -2.15. The first-order chi connectivity index (χ1) is 10.0. The van der Waals surface area contributed by atoms with Gasteiger partial charge in [0.05, 0.1) is 12.7 Å². The summed E-state index contributed by atoms with van der Waals surface area (Å²) in [5.74, 6) is 0.864. The second-order valence-electron chi connectivity index (χ2n) is 5.04. The lowest BCUT2D eigenvalue weighted by molar-refractivity contribution is 0.176. The third-order valence-electron chi connectivity index (χ3n) is 3.56. The molecule has 0 bridgehead atoms. The van der Waals surface area contributed by atoms with Crippen LogP contribution in [0.4, 0.5) is 0 Å². The van der Waals surface area contributed by atoms with Crippen LogP contribution < -0.4 is 4.74 Å². The van der Waals surface area contributed by atoms with E-state index in [9.17, 15) is 5.11 Å². The van der Waals surface area contributed by atoms with Crippen LogP contribution in [0.2, 0.25) is 10.0 Å². The first-order valence-electron chi connectivity index (χ1n) is 6.61. The van der Waals surface area contributed by atoms with Gasteiger partial charge in [-0.3, -0.25) is 0 Å². The van der Waals surface area contributed by atoms with Crippen molar-refractivity contribution < 1.29 is 9.84 Å². The molecule has 1 unspecified atom stereocenters. The number of halogens is 3. The van der Waals surface area contributed by atoms with Gasteiger partial charge in [0.25, 0.3) is 0 Å². The number of aliphatic hydroxyl groups is 1. The zero-order valence-electron chi connectivity index (χ0n) is 11.1. The van der Waals surface area contributed by atoms with Crippen molar-refractivity contribution in [1.82, 2.24) is 0 Å². The van der Waals surface area contributed by atoms with E-state index in [0.29, 0.717) is 23.1 Å². The Balaban J connectivity index is 1.90. The van der Waals surface area contributed by atoms with E-state index >= 15 is 0 Å². The Labute approximate surface area is 141 Å². The first kappa shape index (κ1) is 15.2. The molecule has 1 N–H and O–H groups in total. The van der Waals surface area contributed by atoms with Crippen molar-refractivity contribution in [1.29, 1.82) is 0 Å². The highest BCUT2D eigenvalue weighted by atomic mass is 79.9. The van der Waals surface area contributed by atoms with Gasteiger partial charge in [-0.2, -0.15) is 0 Å². The smallest absolute Gasteiger partial charge is 0.126 e. The number of hydrogen-bond donors (Lipinski definition) is 1. The van der Waals surface area contributed by atoms with E-state index in [1.807, 2.05) is 18.2 Å². The molecule has 0 fully saturated rings. The Morgan fingerprint density at radius 1 is 1.19 bits per heavy atom. The quantitative estimate of drug-likeness (QED) is 0.805. The maximum absolute atomic E-state index is 10.5. The third-order valence-corrected chi connectivity index (χ3v) is 4.70. The molecule has 0 saturated heterocycles. The first-order valence-corrected chi connectivity index (χ1v) is 8.16. The number of benzene rings is 2. The normalized spacial score (nSPS) is 14.7. The maximum atomic E-state index is 10.5. The van der Waals surface area contributed by atoms with Gasteiger partial charge in [0.1, 0.15) is 5.75 Å². The third kappa shape index (κ3) is 3.21. The van der Waals surface area contributed by atoms with Gasteiger partial charge in [-0.15, -0.1) is 0 Å². The zero-order chi connectivity index (χ0) is 15.0. The molecule has 0 amide bonds. The van der Waals surface area contributed by atoms with Crippen LogP contribution in [0, 0.1) is 0 Å². The predicted molar refractivity (Wildman–Crippen MR) is 88.5 cm³/mol. The fourth-order valence-electron chi connectivity index (χ4n) is 2.59. The van der Waals surface area contributed by atoms with Gasteiger partial charge < -0.3 is 9.84 Å². The van der Waals surface area contributed by atoms with Crippen LogP contribution in [0.3, 0.4) is 0 Å². The number of ether oxygens (including phenoxy) is 1. The molecule has 0 aromatic heterocycles. The summed E-state index contributed by atoms with van der Waals surface area (Å²) in [6, 6.07) is 9.15. The fraction of sp³-hybridized carbons (Fsp3) is 0.250. The summed E-state index contributed by atoms with van der Waals surface area (Å²) in [4.78, 5) is 0. The molecule has 1 heterocycles. The second kappa shape index (κ2) is 6.17. The predicted octanol–water partition coefficient (Wildman–Crippen LogP) is 4.97. The lowest BCUT2D eigenvalue weighted by atomic mass is 9.99. The Bertz CT molecular complexity index is 688. The molecule has 0 radical (unpaired) electrons. The molecule has 21 heavy (non-hydrogen) atoms. The average molecular weight is 388 g/mol. The van der Waals surface area contributed by atoms with Gasteiger partial charge in [0.15, 0.2) is 0 Å². The van der Waals surface area contributed by atoms with Crippen molar-refractivity contribution in [3.05, 3.63) is 61.5 Å². The molecule has 1 aliphatic rings. The van der Waals surface area contributed by atoms with Crippen LogP contribution in [0.1, 0.15) is 22.8 Å². The summed E-state index contributed by atoms with van der Waals surface area (Å²) in [5.41, 5.74) is 2.84. The summed E-state index contributed by atoms with van der Waals surface area (Å²) in [6.45, 7) is 0.670. The Morgan fingerprint density at radius 3 is 2.76 bits per heavy atom. The van der Waals surface area contributed by atoms with Gasteiger partial charge in [0.2, 0.25) is 0 Å². The molecule has 0 saturated carbocycles. The molecule has 2 nitrogen and oxygen atoms in total. The molecule has 1 atom stereocenters. The molecule has 1 aliphatic heterocycles. The van der Waals surface area contributed by atoms with Gasteiger partial charge in [0, 0.05) is 27.4 Å².